The third-order valence-electron chi connectivity index (χ3n) is 12.6. The maximum absolute atomic E-state index is 13.6. The molecule has 1 aromatic carbocycles. The van der Waals surface area contributed by atoms with Crippen LogP contribution in [0.25, 0.3) is 0 Å². The van der Waals surface area contributed by atoms with E-state index in [1.165, 1.54) is 56.9 Å². The Morgan fingerprint density at radius 2 is 1.19 bits per heavy atom. The summed E-state index contributed by atoms with van der Waals surface area (Å²) in [5, 5.41) is 0. The lowest BCUT2D eigenvalue weighted by Crippen LogP contribution is -2.37. The first-order chi connectivity index (χ1) is 28.0. The molecule has 0 saturated heterocycles. The fraction of sp³-hybridized carbons (Fsp3) is 0.833. The van der Waals surface area contributed by atoms with E-state index in [0.717, 1.165) is 90.9 Å². The summed E-state index contributed by atoms with van der Waals surface area (Å²) < 4.78 is 53.7. The number of carbonyl (C=O) groups is 2. The molecule has 1 aromatic rings. The average molecular weight is 853 g/mol. The molecule has 342 valence electrons. The van der Waals surface area contributed by atoms with Gasteiger partial charge in [0.25, 0.3) is 0 Å². The van der Waals surface area contributed by atoms with Crippen LogP contribution in [-0.4, -0.2) is 57.2 Å². The molecular formula is C48H85O10P. The SMILES string of the molecule is CCC(CC)COC(=O)COP(=O)(OCCCOc1c(C)c(C)c2c(c1C)CC[C@@](C)(CCC[C@H](C)CCC[C@H](C)CCCC(C)C)O2)OCC(=O)OCC(CC)CC. The molecular weight excluding hydrogens is 767 g/mol. The Kier molecular flexibility index (Phi) is 24.9. The van der Waals surface area contributed by atoms with Crippen LogP contribution >= 0.6 is 7.82 Å². The largest absolute Gasteiger partial charge is 0.493 e. The molecule has 0 unspecified atom stereocenters. The van der Waals surface area contributed by atoms with Gasteiger partial charge in [-0.1, -0.05) is 126 Å². The maximum Gasteiger partial charge on any atom is 0.475 e. The molecule has 0 N–H and O–H groups in total. The zero-order chi connectivity index (χ0) is 44.0. The third-order valence-corrected chi connectivity index (χ3v) is 14.0. The summed E-state index contributed by atoms with van der Waals surface area (Å²) in [6.45, 7) is 25.6. The van der Waals surface area contributed by atoms with Crippen molar-refractivity contribution >= 4 is 19.8 Å². The Morgan fingerprint density at radius 1 is 0.678 bits per heavy atom. The van der Waals surface area contributed by atoms with Gasteiger partial charge in [-0.15, -0.1) is 0 Å². The molecule has 1 heterocycles. The number of phosphoric ester groups is 1. The molecule has 0 aliphatic carbocycles. The van der Waals surface area contributed by atoms with Crippen LogP contribution in [-0.2, 0) is 43.6 Å². The lowest BCUT2D eigenvalue weighted by Gasteiger charge is -2.38. The minimum atomic E-state index is -4.32. The predicted molar refractivity (Wildman–Crippen MR) is 238 cm³/mol. The lowest BCUT2D eigenvalue weighted by molar-refractivity contribution is -0.149. The Bertz CT molecular complexity index is 1380. The Labute approximate surface area is 359 Å². The number of hydrogen-bond donors (Lipinski definition) is 0. The van der Waals surface area contributed by atoms with Crippen molar-refractivity contribution < 1.29 is 46.7 Å². The van der Waals surface area contributed by atoms with Gasteiger partial charge in [0.05, 0.1) is 26.4 Å². The normalized spacial score (nSPS) is 16.6. The Balaban J connectivity index is 1.93. The van der Waals surface area contributed by atoms with E-state index in [-0.39, 0.29) is 43.9 Å². The summed E-state index contributed by atoms with van der Waals surface area (Å²) in [5.41, 5.74) is 4.22. The summed E-state index contributed by atoms with van der Waals surface area (Å²) in [6.07, 6.45) is 17.2. The van der Waals surface area contributed by atoms with Crippen molar-refractivity contribution in [2.24, 2.45) is 29.6 Å². The molecule has 0 radical (unpaired) electrons. The van der Waals surface area contributed by atoms with Gasteiger partial charge in [0.1, 0.15) is 17.1 Å². The van der Waals surface area contributed by atoms with E-state index >= 15 is 0 Å². The second kappa shape index (κ2) is 27.7. The van der Waals surface area contributed by atoms with E-state index in [1.54, 1.807) is 0 Å². The minimum Gasteiger partial charge on any atom is -0.493 e. The van der Waals surface area contributed by atoms with Crippen LogP contribution in [0.4, 0.5) is 0 Å². The molecule has 11 heteroatoms. The molecule has 3 atom stereocenters. The van der Waals surface area contributed by atoms with Crippen LogP contribution in [0.3, 0.4) is 0 Å². The highest BCUT2D eigenvalue weighted by Gasteiger charge is 2.35. The number of ether oxygens (including phenoxy) is 4. The van der Waals surface area contributed by atoms with E-state index in [2.05, 4.69) is 55.4 Å². The molecule has 1 aliphatic rings. The van der Waals surface area contributed by atoms with Crippen LogP contribution in [0.5, 0.6) is 11.5 Å². The van der Waals surface area contributed by atoms with Crippen molar-refractivity contribution in [2.45, 2.75) is 191 Å². The number of hydrogen-bond acceptors (Lipinski definition) is 10. The van der Waals surface area contributed by atoms with E-state index in [4.69, 9.17) is 32.5 Å². The third kappa shape index (κ3) is 19.6. The molecule has 59 heavy (non-hydrogen) atoms. The van der Waals surface area contributed by atoms with Crippen LogP contribution in [0.15, 0.2) is 0 Å². The average Bonchev–Trinajstić information content (AvgIpc) is 3.20. The lowest BCUT2D eigenvalue weighted by atomic mass is 9.83. The Hall–Kier alpha value is -2.13. The first-order valence-electron chi connectivity index (χ1n) is 23.3. The van der Waals surface area contributed by atoms with Crippen molar-refractivity contribution in [3.05, 3.63) is 22.3 Å². The van der Waals surface area contributed by atoms with E-state index in [9.17, 15) is 14.2 Å². The van der Waals surface area contributed by atoms with Crippen molar-refractivity contribution in [2.75, 3.05) is 39.6 Å². The van der Waals surface area contributed by atoms with Crippen molar-refractivity contribution in [1.29, 1.82) is 0 Å². The van der Waals surface area contributed by atoms with Gasteiger partial charge >= 0.3 is 19.8 Å². The number of fused-ring (bicyclic) bond motifs is 1. The van der Waals surface area contributed by atoms with E-state index in [1.807, 2.05) is 27.7 Å². The molecule has 0 amide bonds. The smallest absolute Gasteiger partial charge is 0.475 e. The van der Waals surface area contributed by atoms with Gasteiger partial charge < -0.3 is 18.9 Å². The standard InChI is InChI=1S/C48H85O10P/c1-13-41(14-2)31-53-44(49)33-56-59(51,57-34-45(50)54-32-42(15-3)16-4)55-30-20-29-52-46-38(9)39(10)47-43(40(46)11)26-28-48(12,58-47)27-19-25-37(8)24-18-23-36(7)22-17-21-35(5)6/h35-37,41-42H,13-34H2,1-12H3/t36-,37-,48-/m1/s1. The topological polar surface area (TPSA) is 116 Å². The fourth-order valence-electron chi connectivity index (χ4n) is 7.82. The molecule has 1 aliphatic heterocycles. The summed E-state index contributed by atoms with van der Waals surface area (Å²) in [6, 6.07) is 0. The van der Waals surface area contributed by atoms with E-state index in [0.29, 0.717) is 6.42 Å². The van der Waals surface area contributed by atoms with Gasteiger partial charge in [-0.2, -0.15) is 0 Å². The van der Waals surface area contributed by atoms with Crippen molar-refractivity contribution in [3.63, 3.8) is 0 Å². The first kappa shape index (κ1) is 53.0. The van der Waals surface area contributed by atoms with Gasteiger partial charge in [-0.3, -0.25) is 13.6 Å². The molecule has 0 bridgehead atoms. The van der Waals surface area contributed by atoms with Crippen molar-refractivity contribution in [1.82, 2.24) is 0 Å². The van der Waals surface area contributed by atoms with Gasteiger partial charge in [0.15, 0.2) is 13.2 Å². The first-order valence-corrected chi connectivity index (χ1v) is 24.7. The highest BCUT2D eigenvalue weighted by molar-refractivity contribution is 7.48. The van der Waals surface area contributed by atoms with Crippen LogP contribution in [0, 0.1) is 50.4 Å². The predicted octanol–water partition coefficient (Wildman–Crippen LogP) is 13.0. The summed E-state index contributed by atoms with van der Waals surface area (Å²) >= 11 is 0. The summed E-state index contributed by atoms with van der Waals surface area (Å²) in [4.78, 5) is 24.9. The van der Waals surface area contributed by atoms with Crippen LogP contribution in [0.1, 0.15) is 181 Å². The quantitative estimate of drug-likeness (QED) is 0.0394. The van der Waals surface area contributed by atoms with E-state index < -0.39 is 33.0 Å². The highest BCUT2D eigenvalue weighted by Crippen LogP contribution is 2.50. The second-order valence-corrected chi connectivity index (χ2v) is 19.9. The molecule has 10 nitrogen and oxygen atoms in total. The Morgan fingerprint density at radius 3 is 1.69 bits per heavy atom. The van der Waals surface area contributed by atoms with Gasteiger partial charge in [-0.25, -0.2) is 14.2 Å². The molecule has 0 aromatic heterocycles. The van der Waals surface area contributed by atoms with Crippen molar-refractivity contribution in [3.8, 4) is 11.5 Å². The summed E-state index contributed by atoms with van der Waals surface area (Å²) in [5.74, 6) is 3.28. The van der Waals surface area contributed by atoms with Crippen LogP contribution in [0.2, 0.25) is 0 Å². The van der Waals surface area contributed by atoms with Crippen LogP contribution < -0.4 is 9.47 Å². The number of rotatable bonds is 32. The van der Waals surface area contributed by atoms with Gasteiger partial charge in [-0.05, 0) is 99.7 Å². The fourth-order valence-corrected chi connectivity index (χ4v) is 8.92. The molecule has 0 saturated carbocycles. The number of esters is 2. The maximum atomic E-state index is 13.6. The zero-order valence-corrected chi connectivity index (χ0v) is 40.4. The molecule has 2 rings (SSSR count). The molecule has 0 fully saturated rings. The second-order valence-electron chi connectivity index (χ2n) is 18.2. The van der Waals surface area contributed by atoms with Gasteiger partial charge in [0.2, 0.25) is 0 Å². The minimum absolute atomic E-state index is 0.0531. The molecule has 0 spiro atoms. The number of carbonyl (C=O) groups excluding carboxylic acids is 2. The monoisotopic (exact) mass is 853 g/mol. The summed E-state index contributed by atoms with van der Waals surface area (Å²) in [7, 11) is -4.32. The number of benzene rings is 1. The number of phosphoric acid groups is 1. The zero-order valence-electron chi connectivity index (χ0n) is 39.5. The van der Waals surface area contributed by atoms with Gasteiger partial charge in [0, 0.05) is 12.0 Å². The highest BCUT2D eigenvalue weighted by atomic mass is 31.2.